The molecular formula is C19H26F3NO3. The number of benzene rings is 1. The number of alkyl halides is 3. The lowest BCUT2D eigenvalue weighted by Gasteiger charge is -2.38. The summed E-state index contributed by atoms with van der Waals surface area (Å²) >= 11 is 0. The molecule has 0 aromatic heterocycles. The van der Waals surface area contributed by atoms with Gasteiger partial charge in [-0.2, -0.15) is 13.2 Å². The van der Waals surface area contributed by atoms with Crippen LogP contribution in [0.1, 0.15) is 46.1 Å². The van der Waals surface area contributed by atoms with Crippen LogP contribution in [-0.4, -0.2) is 35.8 Å². The predicted molar refractivity (Wildman–Crippen MR) is 92.1 cm³/mol. The number of hydrogen-bond donors (Lipinski definition) is 0. The number of carbonyl (C=O) groups excluding carboxylic acids is 1. The van der Waals surface area contributed by atoms with Gasteiger partial charge in [0.05, 0.1) is 12.2 Å². The maximum atomic E-state index is 12.6. The first-order valence-electron chi connectivity index (χ1n) is 8.75. The van der Waals surface area contributed by atoms with Crippen molar-refractivity contribution in [3.8, 4) is 5.75 Å². The Morgan fingerprint density at radius 2 is 1.77 bits per heavy atom. The molecule has 1 heterocycles. The molecule has 4 nitrogen and oxygen atoms in total. The lowest BCUT2D eigenvalue weighted by molar-refractivity contribution is -0.137. The van der Waals surface area contributed by atoms with Crippen molar-refractivity contribution in [3.05, 3.63) is 29.8 Å². The Bertz CT molecular complexity index is 608. The van der Waals surface area contributed by atoms with Crippen molar-refractivity contribution in [2.24, 2.45) is 5.92 Å². The standard InChI is InChI=1S/C19H26F3NO3/c1-13-5-6-14(11-23(13)17(24)26-18(2,3)4)12-25-16-9-7-15(8-10-16)19(20,21)22/h7-10,13-14H,5-6,11-12H2,1-4H3/t13-,14+/m1/s1. The van der Waals surface area contributed by atoms with Gasteiger partial charge in [-0.3, -0.25) is 0 Å². The number of halogens is 3. The first-order valence-corrected chi connectivity index (χ1v) is 8.75. The number of nitrogens with zero attached hydrogens (tertiary/aromatic N) is 1. The quantitative estimate of drug-likeness (QED) is 0.738. The van der Waals surface area contributed by atoms with E-state index in [1.54, 1.807) is 4.90 Å². The second-order valence-corrected chi connectivity index (χ2v) is 7.76. The van der Waals surface area contributed by atoms with Crippen molar-refractivity contribution in [2.75, 3.05) is 13.2 Å². The smallest absolute Gasteiger partial charge is 0.416 e. The Hall–Kier alpha value is -1.92. The SMILES string of the molecule is C[C@@H]1CC[C@H](COc2ccc(C(F)(F)F)cc2)CN1C(=O)OC(C)(C)C. The molecule has 26 heavy (non-hydrogen) atoms. The van der Waals surface area contributed by atoms with Crippen LogP contribution in [0.2, 0.25) is 0 Å². The predicted octanol–water partition coefficient (Wildman–Crippen LogP) is 5.12. The average molecular weight is 373 g/mol. The maximum Gasteiger partial charge on any atom is 0.416 e. The molecule has 2 atom stereocenters. The van der Waals surface area contributed by atoms with Crippen molar-refractivity contribution < 1.29 is 27.4 Å². The molecule has 0 unspecified atom stereocenters. The van der Waals surface area contributed by atoms with E-state index in [0.29, 0.717) is 18.9 Å². The van der Waals surface area contributed by atoms with Gasteiger partial charge in [-0.1, -0.05) is 0 Å². The van der Waals surface area contributed by atoms with E-state index in [-0.39, 0.29) is 18.1 Å². The van der Waals surface area contributed by atoms with Gasteiger partial charge in [0.2, 0.25) is 0 Å². The molecular weight excluding hydrogens is 347 g/mol. The van der Waals surface area contributed by atoms with Gasteiger partial charge in [0, 0.05) is 18.5 Å². The molecule has 0 spiro atoms. The fourth-order valence-electron chi connectivity index (χ4n) is 2.85. The van der Waals surface area contributed by atoms with Gasteiger partial charge in [-0.15, -0.1) is 0 Å². The van der Waals surface area contributed by atoms with E-state index in [1.807, 2.05) is 27.7 Å². The van der Waals surface area contributed by atoms with Crippen LogP contribution in [0.5, 0.6) is 5.75 Å². The van der Waals surface area contributed by atoms with Gasteiger partial charge in [-0.25, -0.2) is 4.79 Å². The molecule has 7 heteroatoms. The minimum absolute atomic E-state index is 0.0900. The van der Waals surface area contributed by atoms with E-state index in [0.717, 1.165) is 25.0 Å². The summed E-state index contributed by atoms with van der Waals surface area (Å²) in [6, 6.07) is 4.74. The van der Waals surface area contributed by atoms with Crippen molar-refractivity contribution in [3.63, 3.8) is 0 Å². The Kier molecular flexibility index (Phi) is 6.09. The van der Waals surface area contributed by atoms with Crippen LogP contribution in [0.25, 0.3) is 0 Å². The summed E-state index contributed by atoms with van der Waals surface area (Å²) in [6.45, 7) is 8.31. The van der Waals surface area contributed by atoms with Crippen LogP contribution >= 0.6 is 0 Å². The topological polar surface area (TPSA) is 38.8 Å². The summed E-state index contributed by atoms with van der Waals surface area (Å²) in [5.74, 6) is 0.501. The molecule has 1 saturated heterocycles. The van der Waals surface area contributed by atoms with Gasteiger partial charge in [0.1, 0.15) is 11.4 Å². The summed E-state index contributed by atoms with van der Waals surface area (Å²) in [5, 5.41) is 0. The number of amides is 1. The molecule has 1 amide bonds. The van der Waals surface area contributed by atoms with E-state index in [2.05, 4.69) is 0 Å². The van der Waals surface area contributed by atoms with Crippen LogP contribution in [0.3, 0.4) is 0 Å². The molecule has 0 saturated carbocycles. The van der Waals surface area contributed by atoms with E-state index >= 15 is 0 Å². The Labute approximate surface area is 152 Å². The molecule has 0 bridgehead atoms. The number of hydrogen-bond acceptors (Lipinski definition) is 3. The zero-order chi connectivity index (χ0) is 19.5. The average Bonchev–Trinajstić information content (AvgIpc) is 2.52. The molecule has 1 aliphatic rings. The highest BCUT2D eigenvalue weighted by molar-refractivity contribution is 5.68. The van der Waals surface area contributed by atoms with Crippen LogP contribution in [0.15, 0.2) is 24.3 Å². The van der Waals surface area contributed by atoms with Crippen molar-refractivity contribution in [1.29, 1.82) is 0 Å². The molecule has 1 aromatic rings. The van der Waals surface area contributed by atoms with E-state index in [4.69, 9.17) is 9.47 Å². The van der Waals surface area contributed by atoms with E-state index in [1.165, 1.54) is 12.1 Å². The summed E-state index contributed by atoms with van der Waals surface area (Å²) in [7, 11) is 0. The molecule has 0 radical (unpaired) electrons. The third-order valence-electron chi connectivity index (χ3n) is 4.27. The fraction of sp³-hybridized carbons (Fsp3) is 0.632. The van der Waals surface area contributed by atoms with E-state index < -0.39 is 17.3 Å². The van der Waals surface area contributed by atoms with Crippen molar-refractivity contribution in [1.82, 2.24) is 4.90 Å². The molecule has 1 fully saturated rings. The Balaban J connectivity index is 1.91. The molecule has 1 aromatic carbocycles. The Morgan fingerprint density at radius 3 is 2.31 bits per heavy atom. The van der Waals surface area contributed by atoms with Gasteiger partial charge < -0.3 is 14.4 Å². The number of piperidine rings is 1. The van der Waals surface area contributed by atoms with Crippen molar-refractivity contribution in [2.45, 2.75) is 58.4 Å². The summed E-state index contributed by atoms with van der Waals surface area (Å²) in [4.78, 5) is 14.0. The zero-order valence-corrected chi connectivity index (χ0v) is 15.6. The minimum Gasteiger partial charge on any atom is -0.493 e. The molecule has 1 aliphatic heterocycles. The van der Waals surface area contributed by atoms with Gasteiger partial charge in [0.15, 0.2) is 0 Å². The minimum atomic E-state index is -4.36. The Morgan fingerprint density at radius 1 is 1.15 bits per heavy atom. The van der Waals surface area contributed by atoms with Gasteiger partial charge >= 0.3 is 12.3 Å². The third kappa shape index (κ3) is 5.81. The lowest BCUT2D eigenvalue weighted by Crippen LogP contribution is -2.48. The first-order chi connectivity index (χ1) is 12.0. The monoisotopic (exact) mass is 373 g/mol. The highest BCUT2D eigenvalue weighted by Gasteiger charge is 2.33. The summed E-state index contributed by atoms with van der Waals surface area (Å²) in [5.41, 5.74) is -1.26. The summed E-state index contributed by atoms with van der Waals surface area (Å²) < 4.78 is 48.8. The fourth-order valence-corrected chi connectivity index (χ4v) is 2.85. The molecule has 0 N–H and O–H groups in total. The van der Waals surface area contributed by atoms with Crippen LogP contribution in [0, 0.1) is 5.92 Å². The number of likely N-dealkylation sites (tertiary alicyclic amines) is 1. The van der Waals surface area contributed by atoms with Crippen molar-refractivity contribution >= 4 is 6.09 Å². The van der Waals surface area contributed by atoms with Gasteiger partial charge in [0.25, 0.3) is 0 Å². The summed E-state index contributed by atoms with van der Waals surface area (Å²) in [6.07, 6.45) is -2.97. The van der Waals surface area contributed by atoms with Gasteiger partial charge in [-0.05, 0) is 64.8 Å². The largest absolute Gasteiger partial charge is 0.493 e. The highest BCUT2D eigenvalue weighted by atomic mass is 19.4. The highest BCUT2D eigenvalue weighted by Crippen LogP contribution is 2.31. The van der Waals surface area contributed by atoms with Crippen LogP contribution in [-0.2, 0) is 10.9 Å². The lowest BCUT2D eigenvalue weighted by atomic mass is 9.94. The second kappa shape index (κ2) is 7.76. The number of ether oxygens (including phenoxy) is 2. The third-order valence-corrected chi connectivity index (χ3v) is 4.27. The number of rotatable bonds is 3. The molecule has 2 rings (SSSR count). The second-order valence-electron chi connectivity index (χ2n) is 7.76. The maximum absolute atomic E-state index is 12.6. The number of carbonyl (C=O) groups is 1. The van der Waals surface area contributed by atoms with Crippen LogP contribution < -0.4 is 4.74 Å². The molecule has 0 aliphatic carbocycles. The van der Waals surface area contributed by atoms with E-state index in [9.17, 15) is 18.0 Å². The zero-order valence-electron chi connectivity index (χ0n) is 15.6. The molecule has 146 valence electrons. The first kappa shape index (κ1) is 20.4. The van der Waals surface area contributed by atoms with Crippen LogP contribution in [0.4, 0.5) is 18.0 Å². The normalized spacial score (nSPS) is 21.4.